The van der Waals surface area contributed by atoms with Crippen LogP contribution >= 0.6 is 0 Å². The van der Waals surface area contributed by atoms with Gasteiger partial charge in [-0.15, -0.1) is 0 Å². The lowest BCUT2D eigenvalue weighted by molar-refractivity contribution is -0.160. The Morgan fingerprint density at radius 1 is 1.04 bits per heavy atom. The quantitative estimate of drug-likeness (QED) is 0.212. The first kappa shape index (κ1) is 37.1. The molecule has 2 amide bonds. The van der Waals surface area contributed by atoms with Crippen molar-refractivity contribution in [3.63, 3.8) is 0 Å². The molecule has 5 N–H and O–H groups in total. The minimum Gasteiger partial charge on any atom is -0.492 e. The molecule has 2 bridgehead atoms. The average Bonchev–Trinajstić information content (AvgIpc) is 2.97. The molecule has 1 aliphatic carbocycles. The third-order valence-corrected chi connectivity index (χ3v) is 7.53. The molecule has 0 aromatic rings. The summed E-state index contributed by atoms with van der Waals surface area (Å²) in [5, 5.41) is 2.53. The predicted molar refractivity (Wildman–Crippen MR) is 164 cm³/mol. The third-order valence-electron chi connectivity index (χ3n) is 7.53. The van der Waals surface area contributed by atoms with Crippen LogP contribution < -0.4 is 16.8 Å². The smallest absolute Gasteiger partial charge is 0.405 e. The molecule has 0 aromatic carbocycles. The molecule has 0 spiro atoms. The Balaban J connectivity index is 2.71. The van der Waals surface area contributed by atoms with Crippen molar-refractivity contribution in [2.24, 2.45) is 23.3 Å². The number of hydrogen-bond donors (Lipinski definition) is 3. The number of nitrogens with one attached hydrogen (secondary N) is 1. The molecule has 45 heavy (non-hydrogen) atoms. The molecule has 13 heteroatoms. The Morgan fingerprint density at radius 2 is 1.73 bits per heavy atom. The predicted octanol–water partition coefficient (Wildman–Crippen LogP) is 2.31. The van der Waals surface area contributed by atoms with Gasteiger partial charge in [0.2, 0.25) is 11.6 Å². The lowest BCUT2D eigenvalue weighted by Gasteiger charge is -2.32. The molecule has 0 aromatic heterocycles. The summed E-state index contributed by atoms with van der Waals surface area (Å²) < 4.78 is 28.0. The summed E-state index contributed by atoms with van der Waals surface area (Å²) in [5.41, 5.74) is 11.7. The van der Waals surface area contributed by atoms with Crippen LogP contribution in [0.1, 0.15) is 47.0 Å². The van der Waals surface area contributed by atoms with E-state index in [9.17, 15) is 24.0 Å². The molecule has 248 valence electrons. The average molecular weight is 632 g/mol. The third kappa shape index (κ3) is 10.2. The number of methoxy groups -OCH3 is 3. The molecule has 1 aliphatic heterocycles. The highest BCUT2D eigenvalue weighted by Gasteiger charge is 2.35. The number of amides is 2. The number of allylic oxidation sites excluding steroid dienone is 4. The summed E-state index contributed by atoms with van der Waals surface area (Å²) in [6, 6.07) is 0. The molecule has 2 rings (SSSR count). The van der Waals surface area contributed by atoms with E-state index >= 15 is 0 Å². The molecule has 13 nitrogen and oxygen atoms in total. The van der Waals surface area contributed by atoms with Crippen molar-refractivity contribution in [1.29, 1.82) is 0 Å². The van der Waals surface area contributed by atoms with Gasteiger partial charge in [0, 0.05) is 43.9 Å². The Hall–Kier alpha value is -4.07. The van der Waals surface area contributed by atoms with Crippen LogP contribution in [0.15, 0.2) is 58.6 Å². The number of ketones is 2. The Morgan fingerprint density at radius 3 is 2.31 bits per heavy atom. The van der Waals surface area contributed by atoms with Gasteiger partial charge in [-0.25, -0.2) is 4.79 Å². The lowest BCUT2D eigenvalue weighted by Crippen LogP contribution is -2.40. The van der Waals surface area contributed by atoms with E-state index < -0.39 is 59.9 Å². The maximum absolute atomic E-state index is 13.5. The standard InChI is InChI=1S/C32H45N3O10/c1-17-13-21-27(38)22(16-23(36)30(21)43-7)35-31(39)18(2)9-8-10-24(41-5)28(45-32(34)40)19(3)15-20(4)29(25(14-17)42-6)44-26(37)11-12-33/h8-10,15-17,20,24-25,28-29H,11-14,33H2,1-7H3,(H2,34,40)(H,35,39)/b10-8-,18-9+,19-15+/t17-,20+,24+,25+,28+,29-/m1/s1. The number of nitrogens with two attached hydrogens (primary N) is 2. The van der Waals surface area contributed by atoms with Crippen LogP contribution in [0.5, 0.6) is 0 Å². The Labute approximate surface area is 263 Å². The van der Waals surface area contributed by atoms with Gasteiger partial charge in [0.25, 0.3) is 5.91 Å². The molecule has 0 saturated carbocycles. The van der Waals surface area contributed by atoms with Crippen molar-refractivity contribution >= 4 is 29.5 Å². The van der Waals surface area contributed by atoms with E-state index in [1.165, 1.54) is 40.4 Å². The van der Waals surface area contributed by atoms with Crippen LogP contribution in [0.2, 0.25) is 0 Å². The summed E-state index contributed by atoms with van der Waals surface area (Å²) in [6.07, 6.45) is 3.46. The van der Waals surface area contributed by atoms with Crippen LogP contribution in [0.4, 0.5) is 4.79 Å². The van der Waals surface area contributed by atoms with Gasteiger partial charge in [-0.05, 0) is 38.2 Å². The summed E-state index contributed by atoms with van der Waals surface area (Å²) in [5.74, 6) is -3.11. The van der Waals surface area contributed by atoms with Gasteiger partial charge in [-0.2, -0.15) is 0 Å². The van der Waals surface area contributed by atoms with Gasteiger partial charge in [-0.3, -0.25) is 19.2 Å². The van der Waals surface area contributed by atoms with Crippen LogP contribution in [0, 0.1) is 11.8 Å². The highest BCUT2D eigenvalue weighted by molar-refractivity contribution is 6.23. The van der Waals surface area contributed by atoms with E-state index in [4.69, 9.17) is 35.2 Å². The van der Waals surface area contributed by atoms with E-state index in [-0.39, 0.29) is 47.9 Å². The van der Waals surface area contributed by atoms with Crippen LogP contribution in [-0.4, -0.2) is 81.8 Å². The molecular weight excluding hydrogens is 586 g/mol. The van der Waals surface area contributed by atoms with Crippen molar-refractivity contribution in [1.82, 2.24) is 5.32 Å². The molecule has 0 radical (unpaired) electrons. The topological polar surface area (TPSA) is 196 Å². The highest BCUT2D eigenvalue weighted by atomic mass is 16.6. The van der Waals surface area contributed by atoms with E-state index in [2.05, 4.69) is 5.32 Å². The summed E-state index contributed by atoms with van der Waals surface area (Å²) in [4.78, 5) is 63.9. The maximum atomic E-state index is 13.5. The second-order valence-electron chi connectivity index (χ2n) is 11.1. The van der Waals surface area contributed by atoms with Crippen molar-refractivity contribution in [3.05, 3.63) is 58.6 Å². The zero-order valence-electron chi connectivity index (χ0n) is 26.9. The monoisotopic (exact) mass is 631 g/mol. The van der Waals surface area contributed by atoms with Gasteiger partial charge < -0.3 is 40.5 Å². The normalized spacial score (nSPS) is 30.2. The van der Waals surface area contributed by atoms with Crippen molar-refractivity contribution < 1.29 is 47.7 Å². The van der Waals surface area contributed by atoms with E-state index in [0.717, 1.165) is 6.08 Å². The number of hydrogen-bond acceptors (Lipinski definition) is 11. The summed E-state index contributed by atoms with van der Waals surface area (Å²) >= 11 is 0. The fraction of sp³-hybridized carbons (Fsp3) is 0.531. The van der Waals surface area contributed by atoms with Gasteiger partial charge in [0.15, 0.2) is 11.9 Å². The summed E-state index contributed by atoms with van der Waals surface area (Å²) in [6.45, 7) is 7.01. The van der Waals surface area contributed by atoms with Crippen LogP contribution in [0.25, 0.3) is 0 Å². The van der Waals surface area contributed by atoms with Gasteiger partial charge in [0.05, 0.1) is 25.3 Å². The lowest BCUT2D eigenvalue weighted by atomic mass is 9.85. The van der Waals surface area contributed by atoms with E-state index in [1.54, 1.807) is 19.1 Å². The molecule has 2 aliphatic rings. The number of carbonyl (C=O) groups excluding carboxylic acids is 5. The van der Waals surface area contributed by atoms with Crippen LogP contribution in [-0.2, 0) is 42.9 Å². The summed E-state index contributed by atoms with van der Waals surface area (Å²) in [7, 11) is 4.19. The molecule has 0 fully saturated rings. The molecule has 0 unspecified atom stereocenters. The van der Waals surface area contributed by atoms with Gasteiger partial charge in [-0.1, -0.05) is 38.2 Å². The van der Waals surface area contributed by atoms with E-state index in [0.29, 0.717) is 12.0 Å². The molecule has 0 saturated heterocycles. The largest absolute Gasteiger partial charge is 0.492 e. The number of carbonyl (C=O) groups is 5. The SMILES string of the molecule is COC1=C2C[C@@H](C)C[C@H](OC)[C@H](OC(=O)CCN)[C@@H](C)/C=C(\C)[C@H](OC(N)=O)[C@@H](OC)/C=C\C=C(/C)C(=O)NC(=CC1=O)C2=O. The number of esters is 1. The first-order valence-corrected chi connectivity index (χ1v) is 14.6. The number of rotatable bonds is 7. The van der Waals surface area contributed by atoms with Crippen molar-refractivity contribution in [3.8, 4) is 0 Å². The number of primary amides is 1. The highest BCUT2D eigenvalue weighted by Crippen LogP contribution is 2.30. The van der Waals surface area contributed by atoms with Crippen molar-refractivity contribution in [2.45, 2.75) is 71.4 Å². The number of fused-ring (bicyclic) bond motifs is 2. The van der Waals surface area contributed by atoms with E-state index in [1.807, 2.05) is 13.8 Å². The Bertz CT molecular complexity index is 1300. The number of ether oxygens (including phenoxy) is 5. The fourth-order valence-corrected chi connectivity index (χ4v) is 5.28. The minimum absolute atomic E-state index is 0.0175. The first-order chi connectivity index (χ1) is 21.3. The zero-order valence-corrected chi connectivity index (χ0v) is 26.9. The zero-order chi connectivity index (χ0) is 33.8. The number of Topliss-reactive ketones (excluding diaryl/α,β-unsaturated/α-hetero) is 1. The second kappa shape index (κ2) is 17.4. The minimum atomic E-state index is -1.03. The molecule has 6 atom stereocenters. The van der Waals surface area contributed by atoms with Crippen molar-refractivity contribution in [2.75, 3.05) is 27.9 Å². The maximum Gasteiger partial charge on any atom is 0.405 e. The van der Waals surface area contributed by atoms with Gasteiger partial charge in [0.1, 0.15) is 12.2 Å². The molecule has 1 heterocycles. The fourth-order valence-electron chi connectivity index (χ4n) is 5.28. The van der Waals surface area contributed by atoms with Crippen LogP contribution in [0.3, 0.4) is 0 Å². The van der Waals surface area contributed by atoms with Gasteiger partial charge >= 0.3 is 12.1 Å². The Kier molecular flexibility index (Phi) is 14.4. The first-order valence-electron chi connectivity index (χ1n) is 14.6. The molecular formula is C32H45N3O10. The second-order valence-corrected chi connectivity index (χ2v) is 11.1.